The van der Waals surface area contributed by atoms with E-state index in [2.05, 4.69) is 35.0 Å². The molecule has 0 amide bonds. The maximum Gasteiger partial charge on any atom is 0.123 e. The SMILES string of the molecule is C=C(NCc1ccc(CN2CCCC2)c(OC)c1)/C(N)=C\C=C/C. The minimum Gasteiger partial charge on any atom is -0.496 e. The molecule has 2 rings (SSSR count). The molecule has 24 heavy (non-hydrogen) atoms. The molecule has 130 valence electrons. The fourth-order valence-corrected chi connectivity index (χ4v) is 2.82. The van der Waals surface area contributed by atoms with Crippen LogP contribution < -0.4 is 15.8 Å². The Hall–Kier alpha value is -2.20. The fraction of sp³-hybridized carbons (Fsp3) is 0.400. The summed E-state index contributed by atoms with van der Waals surface area (Å²) in [5.41, 5.74) is 9.73. The van der Waals surface area contributed by atoms with Crippen LogP contribution in [0.4, 0.5) is 0 Å². The van der Waals surface area contributed by atoms with Crippen LogP contribution in [0.15, 0.2) is 54.4 Å². The summed E-state index contributed by atoms with van der Waals surface area (Å²) in [4.78, 5) is 2.48. The van der Waals surface area contributed by atoms with E-state index in [-0.39, 0.29) is 0 Å². The molecule has 1 aromatic carbocycles. The lowest BCUT2D eigenvalue weighted by molar-refractivity contribution is 0.321. The van der Waals surface area contributed by atoms with E-state index in [0.29, 0.717) is 12.2 Å². The van der Waals surface area contributed by atoms with Gasteiger partial charge in [-0.15, -0.1) is 0 Å². The molecule has 4 heteroatoms. The lowest BCUT2D eigenvalue weighted by atomic mass is 10.1. The summed E-state index contributed by atoms with van der Waals surface area (Å²) in [6.45, 7) is 9.93. The normalized spacial score (nSPS) is 15.8. The number of methoxy groups -OCH3 is 1. The second kappa shape index (κ2) is 9.18. The molecular formula is C20H29N3O. The van der Waals surface area contributed by atoms with Crippen molar-refractivity contribution in [2.24, 2.45) is 5.73 Å². The van der Waals surface area contributed by atoms with E-state index in [1.165, 1.54) is 31.5 Å². The van der Waals surface area contributed by atoms with E-state index >= 15 is 0 Å². The molecule has 0 radical (unpaired) electrons. The van der Waals surface area contributed by atoms with Crippen LogP contribution in [0.5, 0.6) is 5.75 Å². The van der Waals surface area contributed by atoms with Crippen LogP contribution in [0.1, 0.15) is 30.9 Å². The highest BCUT2D eigenvalue weighted by atomic mass is 16.5. The van der Waals surface area contributed by atoms with Gasteiger partial charge in [0, 0.05) is 18.7 Å². The zero-order valence-electron chi connectivity index (χ0n) is 14.8. The van der Waals surface area contributed by atoms with Gasteiger partial charge >= 0.3 is 0 Å². The largest absolute Gasteiger partial charge is 0.496 e. The standard InChI is InChI=1S/C20H29N3O/c1-4-5-8-19(21)16(2)22-14-17-9-10-18(20(13-17)24-3)15-23-11-6-7-12-23/h4-5,8-10,13,22H,2,6-7,11-12,14-15,21H2,1,3H3/b5-4-,19-8+. The fourth-order valence-electron chi connectivity index (χ4n) is 2.82. The van der Waals surface area contributed by atoms with Crippen molar-refractivity contribution in [2.45, 2.75) is 32.9 Å². The summed E-state index contributed by atoms with van der Waals surface area (Å²) in [5, 5.41) is 3.26. The molecule has 1 aliphatic heterocycles. The molecule has 0 aromatic heterocycles. The van der Waals surface area contributed by atoms with Gasteiger partial charge in [-0.3, -0.25) is 4.90 Å². The van der Waals surface area contributed by atoms with Crippen molar-refractivity contribution in [1.29, 1.82) is 0 Å². The first-order valence-corrected chi connectivity index (χ1v) is 8.53. The van der Waals surface area contributed by atoms with E-state index in [1.807, 2.05) is 25.2 Å². The van der Waals surface area contributed by atoms with Gasteiger partial charge in [0.05, 0.1) is 18.5 Å². The van der Waals surface area contributed by atoms with E-state index < -0.39 is 0 Å². The highest BCUT2D eigenvalue weighted by Crippen LogP contribution is 2.23. The Morgan fingerprint density at radius 3 is 2.79 bits per heavy atom. The van der Waals surface area contributed by atoms with Crippen LogP contribution >= 0.6 is 0 Å². The number of hydrogen-bond donors (Lipinski definition) is 2. The smallest absolute Gasteiger partial charge is 0.123 e. The molecule has 0 spiro atoms. The van der Waals surface area contributed by atoms with Gasteiger partial charge in [0.25, 0.3) is 0 Å². The number of nitrogens with one attached hydrogen (secondary N) is 1. The van der Waals surface area contributed by atoms with Crippen molar-refractivity contribution in [3.8, 4) is 5.75 Å². The van der Waals surface area contributed by atoms with E-state index in [1.54, 1.807) is 7.11 Å². The number of benzene rings is 1. The van der Waals surface area contributed by atoms with E-state index in [9.17, 15) is 0 Å². The Morgan fingerprint density at radius 2 is 2.12 bits per heavy atom. The van der Waals surface area contributed by atoms with Crippen LogP contribution in [0.3, 0.4) is 0 Å². The molecule has 0 saturated carbocycles. The highest BCUT2D eigenvalue weighted by molar-refractivity contribution is 5.38. The van der Waals surface area contributed by atoms with Crippen LogP contribution in [-0.4, -0.2) is 25.1 Å². The number of allylic oxidation sites excluding steroid dienone is 3. The Kier molecular flexibility index (Phi) is 6.94. The summed E-state index contributed by atoms with van der Waals surface area (Å²) in [6.07, 6.45) is 8.28. The Morgan fingerprint density at radius 1 is 1.38 bits per heavy atom. The Labute approximate surface area is 145 Å². The first-order valence-electron chi connectivity index (χ1n) is 8.53. The molecule has 1 heterocycles. The van der Waals surface area contributed by atoms with Gasteiger partial charge in [-0.05, 0) is 50.6 Å². The number of ether oxygens (including phenoxy) is 1. The molecule has 4 nitrogen and oxygen atoms in total. The van der Waals surface area contributed by atoms with Gasteiger partial charge < -0.3 is 15.8 Å². The van der Waals surface area contributed by atoms with Crippen LogP contribution in [0.2, 0.25) is 0 Å². The van der Waals surface area contributed by atoms with Crippen molar-refractivity contribution >= 4 is 0 Å². The predicted molar refractivity (Wildman–Crippen MR) is 101 cm³/mol. The maximum atomic E-state index is 5.96. The van der Waals surface area contributed by atoms with Crippen LogP contribution in [-0.2, 0) is 13.1 Å². The topological polar surface area (TPSA) is 50.5 Å². The molecule has 1 aromatic rings. The van der Waals surface area contributed by atoms with Crippen molar-refractivity contribution in [3.63, 3.8) is 0 Å². The summed E-state index contributed by atoms with van der Waals surface area (Å²) in [7, 11) is 1.73. The first kappa shape index (κ1) is 18.1. The van der Waals surface area contributed by atoms with E-state index in [0.717, 1.165) is 23.6 Å². The molecule has 1 aliphatic rings. The number of hydrogen-bond acceptors (Lipinski definition) is 4. The predicted octanol–water partition coefficient (Wildman–Crippen LogP) is 3.31. The number of nitrogens with zero attached hydrogens (tertiary/aromatic N) is 1. The summed E-state index contributed by atoms with van der Waals surface area (Å²) in [6, 6.07) is 6.40. The van der Waals surface area contributed by atoms with Gasteiger partial charge in [0.1, 0.15) is 5.75 Å². The van der Waals surface area contributed by atoms with Crippen molar-refractivity contribution in [1.82, 2.24) is 10.2 Å². The second-order valence-electron chi connectivity index (χ2n) is 6.11. The van der Waals surface area contributed by atoms with Crippen molar-refractivity contribution < 1.29 is 4.74 Å². The molecule has 1 saturated heterocycles. The number of rotatable bonds is 8. The highest BCUT2D eigenvalue weighted by Gasteiger charge is 2.14. The molecule has 0 bridgehead atoms. The monoisotopic (exact) mass is 327 g/mol. The molecule has 1 fully saturated rings. The van der Waals surface area contributed by atoms with Gasteiger partial charge in [0.2, 0.25) is 0 Å². The minimum atomic E-state index is 0.644. The summed E-state index contributed by atoms with van der Waals surface area (Å²) < 4.78 is 5.58. The average molecular weight is 327 g/mol. The summed E-state index contributed by atoms with van der Waals surface area (Å²) >= 11 is 0. The van der Waals surface area contributed by atoms with Gasteiger partial charge in [0.15, 0.2) is 0 Å². The molecular weight excluding hydrogens is 298 g/mol. The summed E-state index contributed by atoms with van der Waals surface area (Å²) in [5.74, 6) is 0.948. The van der Waals surface area contributed by atoms with Gasteiger partial charge in [-0.1, -0.05) is 30.9 Å². The van der Waals surface area contributed by atoms with Crippen LogP contribution in [0, 0.1) is 0 Å². The molecule has 3 N–H and O–H groups in total. The van der Waals surface area contributed by atoms with Crippen LogP contribution in [0.25, 0.3) is 0 Å². The number of likely N-dealkylation sites (tertiary alicyclic amines) is 1. The molecule has 0 aliphatic carbocycles. The van der Waals surface area contributed by atoms with Gasteiger partial charge in [-0.25, -0.2) is 0 Å². The molecule has 0 atom stereocenters. The minimum absolute atomic E-state index is 0.644. The second-order valence-corrected chi connectivity index (χ2v) is 6.11. The van der Waals surface area contributed by atoms with Crippen molar-refractivity contribution in [2.75, 3.05) is 20.2 Å². The third-order valence-corrected chi connectivity index (χ3v) is 4.27. The van der Waals surface area contributed by atoms with E-state index in [4.69, 9.17) is 10.5 Å². The zero-order chi connectivity index (χ0) is 17.4. The Balaban J connectivity index is 1.97. The zero-order valence-corrected chi connectivity index (χ0v) is 14.8. The lowest BCUT2D eigenvalue weighted by Crippen LogP contribution is -2.19. The lowest BCUT2D eigenvalue weighted by Gasteiger charge is -2.18. The Bertz CT molecular complexity index is 613. The molecule has 0 unspecified atom stereocenters. The maximum absolute atomic E-state index is 5.96. The third-order valence-electron chi connectivity index (χ3n) is 4.27. The third kappa shape index (κ3) is 5.17. The van der Waals surface area contributed by atoms with Gasteiger partial charge in [-0.2, -0.15) is 0 Å². The number of nitrogens with two attached hydrogens (primary N) is 1. The van der Waals surface area contributed by atoms with Crippen molar-refractivity contribution in [3.05, 3.63) is 65.5 Å². The first-order chi connectivity index (χ1) is 11.6. The average Bonchev–Trinajstić information content (AvgIpc) is 3.11. The quantitative estimate of drug-likeness (QED) is 0.719.